The first-order valence-corrected chi connectivity index (χ1v) is 12.7. The van der Waals surface area contributed by atoms with E-state index in [4.69, 9.17) is 26.1 Å². The maximum atomic E-state index is 15.1. The molecular formula is C26H19ClFN5O4S. The van der Waals surface area contributed by atoms with E-state index in [1.807, 2.05) is 6.07 Å². The zero-order valence-corrected chi connectivity index (χ0v) is 21.7. The van der Waals surface area contributed by atoms with Crippen molar-refractivity contribution in [2.24, 2.45) is 0 Å². The van der Waals surface area contributed by atoms with E-state index in [9.17, 15) is 9.90 Å². The molecule has 0 spiro atoms. The Kier molecular flexibility index (Phi) is 5.96. The van der Waals surface area contributed by atoms with Crippen molar-refractivity contribution in [1.29, 1.82) is 0 Å². The number of fused-ring (bicyclic) bond motifs is 4. The second kappa shape index (κ2) is 9.34. The highest BCUT2D eigenvalue weighted by atomic mass is 35.5. The first-order chi connectivity index (χ1) is 18.3. The van der Waals surface area contributed by atoms with Gasteiger partial charge in [-0.15, -0.1) is 11.3 Å². The summed E-state index contributed by atoms with van der Waals surface area (Å²) < 4.78 is 27.1. The number of aryl methyl sites for hydroxylation is 1. The number of carbonyl (C=O) groups is 1. The molecule has 12 heteroatoms. The first kappa shape index (κ1) is 24.3. The van der Waals surface area contributed by atoms with Crippen LogP contribution in [-0.2, 0) is 6.42 Å². The quantitative estimate of drug-likeness (QED) is 0.287. The van der Waals surface area contributed by atoms with Crippen molar-refractivity contribution in [3.63, 3.8) is 0 Å². The van der Waals surface area contributed by atoms with Crippen LogP contribution in [0.15, 0.2) is 42.9 Å². The molecule has 192 valence electrons. The van der Waals surface area contributed by atoms with Crippen LogP contribution < -0.4 is 14.4 Å². The number of ether oxygens (including phenoxy) is 2. The van der Waals surface area contributed by atoms with Crippen LogP contribution in [0, 0.1) is 12.7 Å². The molecule has 38 heavy (non-hydrogen) atoms. The van der Waals surface area contributed by atoms with Gasteiger partial charge in [-0.3, -0.25) is 9.88 Å². The number of benzene rings is 2. The largest absolute Gasteiger partial charge is 0.495 e. The van der Waals surface area contributed by atoms with Gasteiger partial charge in [0.25, 0.3) is 0 Å². The van der Waals surface area contributed by atoms with Gasteiger partial charge in [0.05, 0.1) is 53.7 Å². The van der Waals surface area contributed by atoms with Crippen LogP contribution in [0.3, 0.4) is 0 Å². The molecule has 3 aromatic heterocycles. The molecule has 1 aliphatic rings. The molecule has 0 saturated carbocycles. The number of aromatic nitrogens is 4. The van der Waals surface area contributed by atoms with Crippen molar-refractivity contribution >= 4 is 55.8 Å². The molecule has 1 aliphatic heterocycles. The third-order valence-electron chi connectivity index (χ3n) is 6.28. The summed E-state index contributed by atoms with van der Waals surface area (Å²) in [5, 5.41) is 11.7. The highest BCUT2D eigenvalue weighted by molar-refractivity contribution is 7.22. The zero-order valence-electron chi connectivity index (χ0n) is 20.1. The van der Waals surface area contributed by atoms with Crippen molar-refractivity contribution in [2.75, 3.05) is 18.6 Å². The number of hydrogen-bond acceptors (Lipinski definition) is 8. The molecule has 0 aliphatic carbocycles. The van der Waals surface area contributed by atoms with Crippen LogP contribution in [0.5, 0.6) is 11.5 Å². The summed E-state index contributed by atoms with van der Waals surface area (Å²) in [6.45, 7) is 1.69. The molecule has 0 bridgehead atoms. The van der Waals surface area contributed by atoms with E-state index < -0.39 is 18.0 Å². The van der Waals surface area contributed by atoms with Gasteiger partial charge in [-0.05, 0) is 25.1 Å². The fourth-order valence-electron chi connectivity index (χ4n) is 4.54. The van der Waals surface area contributed by atoms with Gasteiger partial charge in [-0.25, -0.2) is 24.1 Å². The normalized spacial score (nSPS) is 14.5. The molecule has 0 saturated heterocycles. The molecule has 1 amide bonds. The molecule has 1 N–H and O–H groups in total. The molecule has 2 aromatic carbocycles. The van der Waals surface area contributed by atoms with Gasteiger partial charge in [-0.2, -0.15) is 0 Å². The standard InChI is InChI=1S/C26H19ClFN5O4S/c1-12-29-8-15(9-30-12)33(26(34)35)11-17-6-19-23(37-17)20(28)7-21-24(19)38-25(32-21)18-5-14(27)3-13-4-16(36-2)10-31-22(13)18/h3-5,7-10,17H,6,11H2,1-2H3,(H,34,35)/t17-/m1/s1. The van der Waals surface area contributed by atoms with Crippen molar-refractivity contribution in [3.05, 3.63) is 65.1 Å². The molecule has 4 heterocycles. The molecule has 5 aromatic rings. The van der Waals surface area contributed by atoms with E-state index in [2.05, 4.69) is 15.0 Å². The Morgan fingerprint density at radius 2 is 2.03 bits per heavy atom. The van der Waals surface area contributed by atoms with Crippen LogP contribution in [0.25, 0.3) is 31.7 Å². The van der Waals surface area contributed by atoms with Gasteiger partial charge < -0.3 is 14.6 Å². The number of carboxylic acid groups (broad SMARTS) is 1. The third-order valence-corrected chi connectivity index (χ3v) is 7.67. The Labute approximate surface area is 224 Å². The summed E-state index contributed by atoms with van der Waals surface area (Å²) in [5.74, 6) is 0.690. The molecule has 0 fully saturated rings. The minimum Gasteiger partial charge on any atom is -0.495 e. The summed E-state index contributed by atoms with van der Waals surface area (Å²) in [7, 11) is 1.57. The van der Waals surface area contributed by atoms with E-state index in [0.29, 0.717) is 50.3 Å². The average Bonchev–Trinajstić information content (AvgIpc) is 3.51. The van der Waals surface area contributed by atoms with Crippen molar-refractivity contribution < 1.29 is 23.8 Å². The summed E-state index contributed by atoms with van der Waals surface area (Å²) in [5.41, 5.74) is 2.86. The monoisotopic (exact) mass is 551 g/mol. The van der Waals surface area contributed by atoms with Crippen LogP contribution >= 0.6 is 22.9 Å². The minimum absolute atomic E-state index is 0.0201. The number of rotatable bonds is 5. The Morgan fingerprint density at radius 3 is 2.76 bits per heavy atom. The zero-order chi connectivity index (χ0) is 26.6. The van der Waals surface area contributed by atoms with Gasteiger partial charge in [0, 0.05) is 34.0 Å². The summed E-state index contributed by atoms with van der Waals surface area (Å²) >= 11 is 7.79. The molecule has 1 atom stereocenters. The average molecular weight is 552 g/mol. The number of anilines is 1. The van der Waals surface area contributed by atoms with Crippen molar-refractivity contribution in [3.8, 4) is 22.1 Å². The maximum absolute atomic E-state index is 15.1. The van der Waals surface area contributed by atoms with Gasteiger partial charge in [0.15, 0.2) is 11.6 Å². The Bertz CT molecular complexity index is 1730. The van der Waals surface area contributed by atoms with Crippen molar-refractivity contribution in [2.45, 2.75) is 19.4 Å². The number of amides is 1. The fraction of sp³-hybridized carbons (Fsp3) is 0.192. The molecule has 9 nitrogen and oxygen atoms in total. The second-order valence-corrected chi connectivity index (χ2v) is 10.2. The predicted octanol–water partition coefficient (Wildman–Crippen LogP) is 5.90. The topological polar surface area (TPSA) is 111 Å². The number of hydrogen-bond donors (Lipinski definition) is 1. The lowest BCUT2D eigenvalue weighted by Gasteiger charge is -2.22. The highest BCUT2D eigenvalue weighted by Crippen LogP contribution is 2.44. The third kappa shape index (κ3) is 4.23. The lowest BCUT2D eigenvalue weighted by molar-refractivity contribution is 0.190. The number of methoxy groups -OCH3 is 1. The van der Waals surface area contributed by atoms with Crippen LogP contribution in [-0.4, -0.2) is 50.9 Å². The Hall–Kier alpha value is -4.09. The molecule has 0 unspecified atom stereocenters. The van der Waals surface area contributed by atoms with E-state index in [0.717, 1.165) is 20.5 Å². The smallest absolute Gasteiger partial charge is 0.412 e. The van der Waals surface area contributed by atoms with Gasteiger partial charge >= 0.3 is 6.09 Å². The van der Waals surface area contributed by atoms with Gasteiger partial charge in [0.1, 0.15) is 22.7 Å². The number of halogens is 2. The number of nitrogens with zero attached hydrogens (tertiary/aromatic N) is 5. The van der Waals surface area contributed by atoms with E-state index in [-0.39, 0.29) is 12.3 Å². The number of pyridine rings is 1. The molecular weight excluding hydrogens is 533 g/mol. The van der Waals surface area contributed by atoms with Gasteiger partial charge in [-0.1, -0.05) is 11.6 Å². The lowest BCUT2D eigenvalue weighted by atomic mass is 10.1. The lowest BCUT2D eigenvalue weighted by Crippen LogP contribution is -2.38. The van der Waals surface area contributed by atoms with Gasteiger partial charge in [0.2, 0.25) is 0 Å². The summed E-state index contributed by atoms with van der Waals surface area (Å²) in [4.78, 5) is 30.5. The summed E-state index contributed by atoms with van der Waals surface area (Å²) in [6, 6.07) is 6.76. The predicted molar refractivity (Wildman–Crippen MR) is 142 cm³/mol. The maximum Gasteiger partial charge on any atom is 0.412 e. The Morgan fingerprint density at radius 1 is 1.24 bits per heavy atom. The van der Waals surface area contributed by atoms with E-state index in [1.165, 1.54) is 29.8 Å². The number of thiazole rings is 1. The minimum atomic E-state index is -1.18. The van der Waals surface area contributed by atoms with Crippen LogP contribution in [0.2, 0.25) is 5.02 Å². The highest BCUT2D eigenvalue weighted by Gasteiger charge is 2.33. The molecule has 6 rings (SSSR count). The molecule has 0 radical (unpaired) electrons. The summed E-state index contributed by atoms with van der Waals surface area (Å²) in [6.07, 6.45) is 3.02. The van der Waals surface area contributed by atoms with Crippen LogP contribution in [0.1, 0.15) is 11.4 Å². The van der Waals surface area contributed by atoms with Crippen molar-refractivity contribution in [1.82, 2.24) is 19.9 Å². The first-order valence-electron chi connectivity index (χ1n) is 11.5. The Balaban J connectivity index is 1.37. The fourth-order valence-corrected chi connectivity index (χ4v) is 5.87. The SMILES string of the molecule is COc1cnc2c(-c3nc4cc(F)c5c(c4s3)C[C@H](CN(C(=O)O)c3cnc(C)nc3)O5)cc(Cl)cc2c1. The van der Waals surface area contributed by atoms with E-state index >= 15 is 4.39 Å². The van der Waals surface area contributed by atoms with E-state index in [1.54, 1.807) is 32.4 Å². The second-order valence-electron chi connectivity index (χ2n) is 8.76. The van der Waals surface area contributed by atoms with Crippen LogP contribution in [0.4, 0.5) is 14.9 Å².